The summed E-state index contributed by atoms with van der Waals surface area (Å²) in [6.45, 7) is 0. The van der Waals surface area contributed by atoms with Crippen LogP contribution in [0.1, 0.15) is 5.56 Å². The maximum Gasteiger partial charge on any atom is 0.266 e. The number of carbonyl (C=O) groups excluding carboxylic acids is 1. The van der Waals surface area contributed by atoms with E-state index >= 15 is 0 Å². The number of hydrogen-bond donors (Lipinski definition) is 1. The molecule has 1 N–H and O–H groups in total. The van der Waals surface area contributed by atoms with E-state index in [1.807, 2.05) is 49.3 Å². The summed E-state index contributed by atoms with van der Waals surface area (Å²) in [6, 6.07) is 12.9. The standard InChI is InChI=1S/C17H16N4O/c1-21(2)16-7-5-13(6-8-16)10-14(11-18)17(22)20-15-4-3-9-19-12-15/h3-10,12H,1-2H3,(H,20,22)/b14-10+. The maximum absolute atomic E-state index is 12.1. The molecular weight excluding hydrogens is 276 g/mol. The van der Waals surface area contributed by atoms with Gasteiger partial charge in [-0.15, -0.1) is 0 Å². The first-order valence-electron chi connectivity index (χ1n) is 6.70. The van der Waals surface area contributed by atoms with E-state index in [0.29, 0.717) is 5.69 Å². The topological polar surface area (TPSA) is 69.0 Å². The molecule has 0 atom stereocenters. The quantitative estimate of drug-likeness (QED) is 0.695. The Hall–Kier alpha value is -3.13. The lowest BCUT2D eigenvalue weighted by Crippen LogP contribution is -2.13. The molecule has 0 aliphatic rings. The first kappa shape index (κ1) is 15.3. The number of benzene rings is 1. The molecule has 5 heteroatoms. The van der Waals surface area contributed by atoms with E-state index in [9.17, 15) is 10.1 Å². The number of hydrogen-bond acceptors (Lipinski definition) is 4. The van der Waals surface area contributed by atoms with Crippen LogP contribution in [0.15, 0.2) is 54.4 Å². The van der Waals surface area contributed by atoms with Crippen molar-refractivity contribution in [1.82, 2.24) is 4.98 Å². The predicted molar refractivity (Wildman–Crippen MR) is 87.2 cm³/mol. The van der Waals surface area contributed by atoms with Crippen LogP contribution in [0.2, 0.25) is 0 Å². The van der Waals surface area contributed by atoms with E-state index < -0.39 is 5.91 Å². The third kappa shape index (κ3) is 3.93. The molecule has 0 saturated carbocycles. The molecule has 0 unspecified atom stereocenters. The molecule has 1 heterocycles. The predicted octanol–water partition coefficient (Wildman–Crippen LogP) is 2.69. The second kappa shape index (κ2) is 7.04. The van der Waals surface area contributed by atoms with Crippen molar-refractivity contribution in [1.29, 1.82) is 5.26 Å². The van der Waals surface area contributed by atoms with Gasteiger partial charge < -0.3 is 10.2 Å². The van der Waals surface area contributed by atoms with Gasteiger partial charge in [0.15, 0.2) is 0 Å². The number of nitriles is 1. The molecule has 0 saturated heterocycles. The Kier molecular flexibility index (Phi) is 4.89. The summed E-state index contributed by atoms with van der Waals surface area (Å²) in [4.78, 5) is 18.0. The summed E-state index contributed by atoms with van der Waals surface area (Å²) >= 11 is 0. The van der Waals surface area contributed by atoms with Crippen molar-refractivity contribution in [2.45, 2.75) is 0 Å². The third-order valence-corrected chi connectivity index (χ3v) is 3.00. The lowest BCUT2D eigenvalue weighted by molar-refractivity contribution is -0.112. The number of amides is 1. The van der Waals surface area contributed by atoms with E-state index in [1.165, 1.54) is 6.20 Å². The number of anilines is 2. The van der Waals surface area contributed by atoms with Crippen LogP contribution in [0.4, 0.5) is 11.4 Å². The molecule has 5 nitrogen and oxygen atoms in total. The minimum Gasteiger partial charge on any atom is -0.378 e. The van der Waals surface area contributed by atoms with Crippen molar-refractivity contribution in [2.75, 3.05) is 24.3 Å². The Morgan fingerprint density at radius 3 is 2.55 bits per heavy atom. The zero-order valence-corrected chi connectivity index (χ0v) is 12.4. The first-order valence-corrected chi connectivity index (χ1v) is 6.70. The van der Waals surface area contributed by atoms with Crippen molar-refractivity contribution in [3.63, 3.8) is 0 Å². The summed E-state index contributed by atoms with van der Waals surface area (Å²) in [5, 5.41) is 11.8. The van der Waals surface area contributed by atoms with Gasteiger partial charge in [-0.3, -0.25) is 9.78 Å². The highest BCUT2D eigenvalue weighted by Gasteiger charge is 2.09. The van der Waals surface area contributed by atoms with Crippen LogP contribution in [0.3, 0.4) is 0 Å². The van der Waals surface area contributed by atoms with Crippen LogP contribution < -0.4 is 10.2 Å². The zero-order chi connectivity index (χ0) is 15.9. The van der Waals surface area contributed by atoms with E-state index in [4.69, 9.17) is 0 Å². The van der Waals surface area contributed by atoms with Gasteiger partial charge in [0.1, 0.15) is 11.6 Å². The Labute approximate surface area is 129 Å². The molecule has 0 radical (unpaired) electrons. The average Bonchev–Trinajstić information content (AvgIpc) is 2.53. The molecule has 2 rings (SSSR count). The van der Waals surface area contributed by atoms with Crippen LogP contribution in [-0.2, 0) is 4.79 Å². The molecule has 1 aromatic carbocycles. The van der Waals surface area contributed by atoms with Crippen molar-refractivity contribution in [3.8, 4) is 6.07 Å². The van der Waals surface area contributed by atoms with Gasteiger partial charge in [-0.2, -0.15) is 5.26 Å². The summed E-state index contributed by atoms with van der Waals surface area (Å²) in [6.07, 6.45) is 4.70. The summed E-state index contributed by atoms with van der Waals surface area (Å²) in [5.74, 6) is -0.452. The normalized spacial score (nSPS) is 10.7. The minimum absolute atomic E-state index is 0.0430. The highest BCUT2D eigenvalue weighted by Crippen LogP contribution is 2.15. The average molecular weight is 292 g/mol. The highest BCUT2D eigenvalue weighted by molar-refractivity contribution is 6.09. The second-order valence-electron chi connectivity index (χ2n) is 4.85. The van der Waals surface area contributed by atoms with Gasteiger partial charge in [-0.25, -0.2) is 0 Å². The van der Waals surface area contributed by atoms with Gasteiger partial charge in [-0.1, -0.05) is 12.1 Å². The zero-order valence-electron chi connectivity index (χ0n) is 12.4. The Bertz CT molecular complexity index is 713. The van der Waals surface area contributed by atoms with Crippen molar-refractivity contribution >= 4 is 23.4 Å². The fraction of sp³-hybridized carbons (Fsp3) is 0.118. The van der Waals surface area contributed by atoms with Gasteiger partial charge in [0, 0.05) is 26.0 Å². The number of aromatic nitrogens is 1. The lowest BCUT2D eigenvalue weighted by atomic mass is 10.1. The lowest BCUT2D eigenvalue weighted by Gasteiger charge is -2.11. The summed E-state index contributed by atoms with van der Waals surface area (Å²) < 4.78 is 0. The largest absolute Gasteiger partial charge is 0.378 e. The molecule has 0 spiro atoms. The van der Waals surface area contributed by atoms with Crippen molar-refractivity contribution < 1.29 is 4.79 Å². The molecule has 0 aliphatic carbocycles. The Morgan fingerprint density at radius 2 is 2.00 bits per heavy atom. The van der Waals surface area contributed by atoms with Crippen LogP contribution in [0, 0.1) is 11.3 Å². The molecule has 0 bridgehead atoms. The van der Waals surface area contributed by atoms with Gasteiger partial charge in [0.25, 0.3) is 5.91 Å². The Balaban J connectivity index is 2.16. The van der Waals surface area contributed by atoms with Crippen LogP contribution in [-0.4, -0.2) is 25.0 Å². The molecule has 1 amide bonds. The maximum atomic E-state index is 12.1. The fourth-order valence-electron chi connectivity index (χ4n) is 1.82. The molecule has 0 aliphatic heterocycles. The van der Waals surface area contributed by atoms with Crippen LogP contribution >= 0.6 is 0 Å². The van der Waals surface area contributed by atoms with E-state index in [0.717, 1.165) is 11.3 Å². The number of pyridine rings is 1. The van der Waals surface area contributed by atoms with E-state index in [-0.39, 0.29) is 5.57 Å². The number of nitrogens with one attached hydrogen (secondary N) is 1. The van der Waals surface area contributed by atoms with Gasteiger partial charge in [0.2, 0.25) is 0 Å². The number of rotatable bonds is 4. The minimum atomic E-state index is -0.452. The molecular formula is C17H16N4O. The second-order valence-corrected chi connectivity index (χ2v) is 4.85. The molecule has 22 heavy (non-hydrogen) atoms. The molecule has 110 valence electrons. The molecule has 1 aromatic heterocycles. The monoisotopic (exact) mass is 292 g/mol. The molecule has 0 fully saturated rings. The fourth-order valence-corrected chi connectivity index (χ4v) is 1.82. The number of carbonyl (C=O) groups is 1. The van der Waals surface area contributed by atoms with Crippen LogP contribution in [0.25, 0.3) is 6.08 Å². The smallest absolute Gasteiger partial charge is 0.266 e. The third-order valence-electron chi connectivity index (χ3n) is 3.00. The van der Waals surface area contributed by atoms with Gasteiger partial charge in [-0.05, 0) is 35.9 Å². The highest BCUT2D eigenvalue weighted by atomic mass is 16.1. The van der Waals surface area contributed by atoms with Crippen molar-refractivity contribution in [3.05, 3.63) is 59.9 Å². The van der Waals surface area contributed by atoms with Crippen molar-refractivity contribution in [2.24, 2.45) is 0 Å². The number of nitrogens with zero attached hydrogens (tertiary/aromatic N) is 3. The van der Waals surface area contributed by atoms with Crippen LogP contribution in [0.5, 0.6) is 0 Å². The van der Waals surface area contributed by atoms with E-state index in [1.54, 1.807) is 24.4 Å². The summed E-state index contributed by atoms with van der Waals surface area (Å²) in [7, 11) is 3.90. The SMILES string of the molecule is CN(C)c1ccc(/C=C(\C#N)C(=O)Nc2cccnc2)cc1. The molecule has 2 aromatic rings. The van der Waals surface area contributed by atoms with E-state index in [2.05, 4.69) is 10.3 Å². The first-order chi connectivity index (χ1) is 10.6. The van der Waals surface area contributed by atoms with Gasteiger partial charge >= 0.3 is 0 Å². The van der Waals surface area contributed by atoms with Gasteiger partial charge in [0.05, 0.1) is 11.9 Å². The summed E-state index contributed by atoms with van der Waals surface area (Å²) in [5.41, 5.74) is 2.44. The Morgan fingerprint density at radius 1 is 1.27 bits per heavy atom.